The summed E-state index contributed by atoms with van der Waals surface area (Å²) in [7, 11) is 0. The molecule has 2 aromatic rings. The van der Waals surface area contributed by atoms with Crippen LogP contribution in [0, 0.1) is 11.3 Å². The van der Waals surface area contributed by atoms with Gasteiger partial charge in [-0.1, -0.05) is 11.6 Å². The SMILES string of the molecule is CC1(C)Oc2ccc(Cl)cc2[C@H]2OCC3(CCN(C(=O)c4cccnc4)CC3)C[C@@H]21. The fourth-order valence-corrected chi connectivity index (χ4v) is 5.51. The Labute approximate surface area is 182 Å². The van der Waals surface area contributed by atoms with Crippen LogP contribution in [-0.4, -0.2) is 41.1 Å². The van der Waals surface area contributed by atoms with Crippen molar-refractivity contribution in [2.24, 2.45) is 11.3 Å². The highest BCUT2D eigenvalue weighted by Gasteiger charge is 2.52. The quantitative estimate of drug-likeness (QED) is 0.650. The molecular weight excluding hydrogens is 400 g/mol. The fraction of sp³-hybridized carbons (Fsp3) is 0.500. The molecule has 1 spiro atoms. The van der Waals surface area contributed by atoms with Crippen LogP contribution in [0.15, 0.2) is 42.7 Å². The highest BCUT2D eigenvalue weighted by atomic mass is 35.5. The molecule has 2 fully saturated rings. The van der Waals surface area contributed by atoms with Crippen LogP contribution in [0.2, 0.25) is 5.02 Å². The Morgan fingerprint density at radius 2 is 2.03 bits per heavy atom. The predicted molar refractivity (Wildman–Crippen MR) is 115 cm³/mol. The number of hydrogen-bond acceptors (Lipinski definition) is 4. The van der Waals surface area contributed by atoms with Crippen LogP contribution in [0.3, 0.4) is 0 Å². The minimum Gasteiger partial charge on any atom is -0.487 e. The number of likely N-dealkylation sites (tertiary alicyclic amines) is 1. The minimum absolute atomic E-state index is 0.00290. The van der Waals surface area contributed by atoms with Gasteiger partial charge in [0.25, 0.3) is 5.91 Å². The third-order valence-corrected chi connectivity index (χ3v) is 7.39. The summed E-state index contributed by atoms with van der Waals surface area (Å²) in [6.45, 7) is 6.53. The van der Waals surface area contributed by atoms with E-state index < -0.39 is 0 Å². The highest BCUT2D eigenvalue weighted by molar-refractivity contribution is 6.30. The summed E-state index contributed by atoms with van der Waals surface area (Å²) in [5.41, 5.74) is 1.49. The van der Waals surface area contributed by atoms with Crippen molar-refractivity contribution in [3.05, 3.63) is 58.9 Å². The Morgan fingerprint density at radius 1 is 1.23 bits per heavy atom. The molecule has 2 atom stereocenters. The number of piperidine rings is 1. The number of carbonyl (C=O) groups excluding carboxylic acids is 1. The standard InChI is InChI=1S/C24H27ClN2O3/c1-23(2)19-13-24(15-29-21(19)18-12-17(25)5-6-20(18)30-23)7-10-27(11-8-24)22(28)16-4-3-9-26-14-16/h3-6,9,12,14,19,21H,7-8,10-11,13,15H2,1-2H3/t19-,21+/m0/s1. The van der Waals surface area contributed by atoms with E-state index in [-0.39, 0.29) is 28.9 Å². The van der Waals surface area contributed by atoms with E-state index in [0.29, 0.717) is 17.2 Å². The molecule has 3 aliphatic heterocycles. The Kier molecular flexibility index (Phi) is 4.79. The number of fused-ring (bicyclic) bond motifs is 3. The number of ether oxygens (including phenoxy) is 2. The molecule has 4 heterocycles. The molecule has 1 amide bonds. The maximum absolute atomic E-state index is 12.8. The van der Waals surface area contributed by atoms with Gasteiger partial charge in [0.1, 0.15) is 11.4 Å². The number of carbonyl (C=O) groups is 1. The van der Waals surface area contributed by atoms with E-state index in [1.165, 1.54) is 0 Å². The number of amides is 1. The second-order valence-electron chi connectivity index (χ2n) is 9.46. The van der Waals surface area contributed by atoms with Crippen LogP contribution >= 0.6 is 11.6 Å². The predicted octanol–water partition coefficient (Wildman–Crippen LogP) is 4.91. The van der Waals surface area contributed by atoms with Gasteiger partial charge >= 0.3 is 0 Å². The number of nitrogens with zero attached hydrogens (tertiary/aromatic N) is 2. The first kappa shape index (κ1) is 19.8. The van der Waals surface area contributed by atoms with Gasteiger partial charge in [-0.25, -0.2) is 0 Å². The van der Waals surface area contributed by atoms with Gasteiger partial charge in [0.2, 0.25) is 0 Å². The normalized spacial score (nSPS) is 26.4. The Hall–Kier alpha value is -2.11. The van der Waals surface area contributed by atoms with Crippen molar-refractivity contribution in [1.82, 2.24) is 9.88 Å². The first-order valence-corrected chi connectivity index (χ1v) is 11.0. The average Bonchev–Trinajstić information content (AvgIpc) is 2.75. The van der Waals surface area contributed by atoms with Crippen molar-refractivity contribution in [3.63, 3.8) is 0 Å². The van der Waals surface area contributed by atoms with Gasteiger partial charge in [0.15, 0.2) is 0 Å². The number of aromatic nitrogens is 1. The Balaban J connectivity index is 1.33. The van der Waals surface area contributed by atoms with E-state index in [2.05, 4.69) is 18.8 Å². The summed E-state index contributed by atoms with van der Waals surface area (Å²) in [6, 6.07) is 9.44. The van der Waals surface area contributed by atoms with Crippen molar-refractivity contribution in [2.75, 3.05) is 19.7 Å². The maximum atomic E-state index is 12.8. The van der Waals surface area contributed by atoms with Gasteiger partial charge < -0.3 is 14.4 Å². The van der Waals surface area contributed by atoms with Crippen LogP contribution in [0.1, 0.15) is 55.1 Å². The average molecular weight is 427 g/mol. The van der Waals surface area contributed by atoms with E-state index in [9.17, 15) is 4.79 Å². The van der Waals surface area contributed by atoms with Crippen molar-refractivity contribution in [1.29, 1.82) is 0 Å². The summed E-state index contributed by atoms with van der Waals surface area (Å²) in [4.78, 5) is 18.8. The van der Waals surface area contributed by atoms with Gasteiger partial charge in [-0.3, -0.25) is 9.78 Å². The molecule has 6 heteroatoms. The molecule has 30 heavy (non-hydrogen) atoms. The van der Waals surface area contributed by atoms with Gasteiger partial charge in [-0.2, -0.15) is 0 Å². The number of halogens is 1. The van der Waals surface area contributed by atoms with Crippen LogP contribution in [-0.2, 0) is 4.74 Å². The molecule has 0 N–H and O–H groups in total. The zero-order valence-electron chi connectivity index (χ0n) is 17.4. The molecule has 1 aromatic heterocycles. The summed E-state index contributed by atoms with van der Waals surface area (Å²) < 4.78 is 12.9. The molecule has 2 saturated heterocycles. The number of rotatable bonds is 1. The molecule has 5 rings (SSSR count). The third-order valence-electron chi connectivity index (χ3n) is 7.15. The lowest BCUT2D eigenvalue weighted by Crippen LogP contribution is -2.54. The lowest BCUT2D eigenvalue weighted by molar-refractivity contribution is -0.173. The largest absolute Gasteiger partial charge is 0.487 e. The topological polar surface area (TPSA) is 51.7 Å². The lowest BCUT2D eigenvalue weighted by atomic mass is 9.64. The number of benzene rings is 1. The van der Waals surface area contributed by atoms with E-state index >= 15 is 0 Å². The summed E-state index contributed by atoms with van der Waals surface area (Å²) in [6.07, 6.45) is 6.26. The van der Waals surface area contributed by atoms with E-state index in [1.807, 2.05) is 35.2 Å². The molecule has 0 bridgehead atoms. The Morgan fingerprint density at radius 3 is 2.77 bits per heavy atom. The first-order valence-electron chi connectivity index (χ1n) is 10.7. The second-order valence-corrected chi connectivity index (χ2v) is 9.90. The zero-order chi connectivity index (χ0) is 20.9. The van der Waals surface area contributed by atoms with Crippen molar-refractivity contribution >= 4 is 17.5 Å². The maximum Gasteiger partial charge on any atom is 0.255 e. The molecule has 1 aromatic carbocycles. The minimum atomic E-state index is -0.318. The van der Waals surface area contributed by atoms with Crippen LogP contribution < -0.4 is 4.74 Å². The van der Waals surface area contributed by atoms with Crippen molar-refractivity contribution < 1.29 is 14.3 Å². The Bertz CT molecular complexity index is 954. The van der Waals surface area contributed by atoms with Crippen molar-refractivity contribution in [3.8, 4) is 5.75 Å². The van der Waals surface area contributed by atoms with E-state index in [0.717, 1.165) is 43.7 Å². The van der Waals surface area contributed by atoms with E-state index in [4.69, 9.17) is 21.1 Å². The van der Waals surface area contributed by atoms with Crippen LogP contribution in [0.5, 0.6) is 5.75 Å². The monoisotopic (exact) mass is 426 g/mol. The lowest BCUT2D eigenvalue weighted by Gasteiger charge is -2.54. The summed E-state index contributed by atoms with van der Waals surface area (Å²) >= 11 is 6.26. The van der Waals surface area contributed by atoms with Gasteiger partial charge in [0.05, 0.1) is 18.3 Å². The molecule has 0 unspecified atom stereocenters. The second kappa shape index (κ2) is 7.24. The first-order chi connectivity index (χ1) is 14.4. The summed E-state index contributed by atoms with van der Waals surface area (Å²) in [5, 5.41) is 0.710. The molecule has 5 nitrogen and oxygen atoms in total. The number of pyridine rings is 1. The van der Waals surface area contributed by atoms with Crippen molar-refractivity contribution in [2.45, 2.75) is 44.8 Å². The summed E-state index contributed by atoms with van der Waals surface area (Å²) in [5.74, 6) is 1.19. The number of hydrogen-bond donors (Lipinski definition) is 0. The van der Waals surface area contributed by atoms with Gasteiger partial charge in [-0.15, -0.1) is 0 Å². The van der Waals surface area contributed by atoms with Crippen LogP contribution in [0.25, 0.3) is 0 Å². The fourth-order valence-electron chi connectivity index (χ4n) is 5.33. The van der Waals surface area contributed by atoms with Gasteiger partial charge in [-0.05, 0) is 68.9 Å². The van der Waals surface area contributed by atoms with Crippen LogP contribution in [0.4, 0.5) is 0 Å². The molecule has 3 aliphatic rings. The molecule has 158 valence electrons. The molecule has 0 saturated carbocycles. The third kappa shape index (κ3) is 3.38. The van der Waals surface area contributed by atoms with Gasteiger partial charge in [0, 0.05) is 42.0 Å². The molecule has 0 radical (unpaired) electrons. The van der Waals surface area contributed by atoms with E-state index in [1.54, 1.807) is 12.4 Å². The molecular formula is C24H27ClN2O3. The molecule has 0 aliphatic carbocycles. The highest BCUT2D eigenvalue weighted by Crippen LogP contribution is 2.55. The zero-order valence-corrected chi connectivity index (χ0v) is 18.2. The smallest absolute Gasteiger partial charge is 0.255 e.